The molecule has 1 aromatic carbocycles. The minimum atomic E-state index is -0.379. The Kier molecular flexibility index (Phi) is 3.76. The molecule has 0 unspecified atom stereocenters. The number of aromatic nitrogens is 1. The molecule has 0 bridgehead atoms. The molecular formula is C14H13NO3S. The number of methoxy groups -OCH3 is 1. The quantitative estimate of drug-likeness (QED) is 0.638. The lowest BCUT2D eigenvalue weighted by Gasteiger charge is -2.02. The second kappa shape index (κ2) is 5.32. The summed E-state index contributed by atoms with van der Waals surface area (Å²) in [5.74, 6) is -0.431. The first kappa shape index (κ1) is 13.4. The highest BCUT2D eigenvalue weighted by molar-refractivity contribution is 7.17. The van der Waals surface area contributed by atoms with E-state index in [-0.39, 0.29) is 11.8 Å². The summed E-state index contributed by atoms with van der Waals surface area (Å²) in [6, 6.07) is 7.11. The molecule has 4 nitrogen and oxygen atoms in total. The zero-order valence-electron chi connectivity index (χ0n) is 10.9. The Morgan fingerprint density at radius 2 is 2.05 bits per heavy atom. The molecule has 1 aromatic heterocycles. The second-order valence-electron chi connectivity index (χ2n) is 4.06. The van der Waals surface area contributed by atoms with Crippen molar-refractivity contribution < 1.29 is 14.3 Å². The average molecular weight is 275 g/mol. The van der Waals surface area contributed by atoms with E-state index < -0.39 is 0 Å². The van der Waals surface area contributed by atoms with Crippen LogP contribution in [0, 0.1) is 6.92 Å². The van der Waals surface area contributed by atoms with Crippen molar-refractivity contribution in [1.29, 1.82) is 0 Å². The molecule has 2 rings (SSSR count). The molecule has 1 heterocycles. The smallest absolute Gasteiger partial charge is 0.337 e. The number of ether oxygens (including phenoxy) is 1. The van der Waals surface area contributed by atoms with Crippen molar-refractivity contribution in [3.8, 4) is 10.4 Å². The van der Waals surface area contributed by atoms with Crippen LogP contribution in [0.5, 0.6) is 0 Å². The Labute approximate surface area is 115 Å². The van der Waals surface area contributed by atoms with Crippen LogP contribution in [0.4, 0.5) is 0 Å². The molecule has 0 aliphatic rings. The van der Waals surface area contributed by atoms with Crippen LogP contribution in [0.1, 0.15) is 32.8 Å². The highest BCUT2D eigenvalue weighted by Crippen LogP contribution is 2.30. The number of carbonyl (C=O) groups excluding carboxylic acids is 2. The third-order valence-corrected chi connectivity index (χ3v) is 3.95. The Morgan fingerprint density at radius 3 is 2.63 bits per heavy atom. The fourth-order valence-corrected chi connectivity index (χ4v) is 2.68. The van der Waals surface area contributed by atoms with Crippen molar-refractivity contribution in [2.45, 2.75) is 13.8 Å². The standard InChI is InChI=1S/C14H13NO3S/c1-8-12(19-13(15-8)9(2)16)10-5-4-6-11(7-10)14(17)18-3/h4-7H,1-3H3. The predicted octanol–water partition coefficient (Wildman–Crippen LogP) is 3.11. The number of rotatable bonds is 3. The lowest BCUT2D eigenvalue weighted by atomic mass is 10.1. The largest absolute Gasteiger partial charge is 0.465 e. The van der Waals surface area contributed by atoms with E-state index in [0.717, 1.165) is 16.1 Å². The van der Waals surface area contributed by atoms with Gasteiger partial charge in [0, 0.05) is 6.92 Å². The SMILES string of the molecule is COC(=O)c1cccc(-c2sc(C(C)=O)nc2C)c1. The van der Waals surface area contributed by atoms with Gasteiger partial charge in [0.05, 0.1) is 23.2 Å². The first-order chi connectivity index (χ1) is 9.02. The van der Waals surface area contributed by atoms with Crippen molar-refractivity contribution in [2.75, 3.05) is 7.11 Å². The first-order valence-corrected chi connectivity index (χ1v) is 6.51. The van der Waals surface area contributed by atoms with Gasteiger partial charge in [0.25, 0.3) is 0 Å². The van der Waals surface area contributed by atoms with Crippen LogP contribution in [-0.4, -0.2) is 23.8 Å². The fourth-order valence-electron chi connectivity index (χ4n) is 1.72. The molecule has 0 spiro atoms. The third kappa shape index (κ3) is 2.71. The number of hydrogen-bond donors (Lipinski definition) is 0. The zero-order valence-corrected chi connectivity index (χ0v) is 11.7. The highest BCUT2D eigenvalue weighted by Gasteiger charge is 2.14. The molecule has 2 aromatic rings. The third-order valence-electron chi connectivity index (χ3n) is 2.64. The van der Waals surface area contributed by atoms with Crippen molar-refractivity contribution in [2.24, 2.45) is 0 Å². The van der Waals surface area contributed by atoms with Gasteiger partial charge in [0.2, 0.25) is 0 Å². The number of ketones is 1. The van der Waals surface area contributed by atoms with E-state index >= 15 is 0 Å². The zero-order chi connectivity index (χ0) is 14.0. The number of thiazole rings is 1. The van der Waals surface area contributed by atoms with E-state index in [1.54, 1.807) is 18.2 Å². The van der Waals surface area contributed by atoms with Crippen molar-refractivity contribution in [3.63, 3.8) is 0 Å². The summed E-state index contributed by atoms with van der Waals surface area (Å²) < 4.78 is 4.70. The summed E-state index contributed by atoms with van der Waals surface area (Å²) in [6.07, 6.45) is 0. The van der Waals surface area contributed by atoms with Gasteiger partial charge in [0.15, 0.2) is 10.8 Å². The summed E-state index contributed by atoms with van der Waals surface area (Å²) in [4.78, 5) is 28.0. The van der Waals surface area contributed by atoms with Crippen LogP contribution in [0.25, 0.3) is 10.4 Å². The molecule has 0 aliphatic carbocycles. The van der Waals surface area contributed by atoms with Gasteiger partial charge in [0.1, 0.15) is 0 Å². The Bertz CT molecular complexity index is 646. The van der Waals surface area contributed by atoms with Gasteiger partial charge in [-0.05, 0) is 24.6 Å². The number of benzene rings is 1. The summed E-state index contributed by atoms with van der Waals surface area (Å²) in [7, 11) is 1.35. The summed E-state index contributed by atoms with van der Waals surface area (Å²) in [6.45, 7) is 3.34. The van der Waals surface area contributed by atoms with Crippen LogP contribution in [0.15, 0.2) is 24.3 Å². The van der Waals surface area contributed by atoms with E-state index in [1.165, 1.54) is 25.4 Å². The molecule has 19 heavy (non-hydrogen) atoms. The van der Waals surface area contributed by atoms with Crippen LogP contribution < -0.4 is 0 Å². The lowest BCUT2D eigenvalue weighted by Crippen LogP contribution is -2.00. The Morgan fingerprint density at radius 1 is 1.32 bits per heavy atom. The van der Waals surface area contributed by atoms with Gasteiger partial charge in [-0.3, -0.25) is 4.79 Å². The van der Waals surface area contributed by atoms with E-state index in [9.17, 15) is 9.59 Å². The molecule has 0 saturated heterocycles. The fraction of sp³-hybridized carbons (Fsp3) is 0.214. The molecule has 5 heteroatoms. The van der Waals surface area contributed by atoms with Crippen molar-refractivity contribution in [1.82, 2.24) is 4.98 Å². The molecule has 0 aliphatic heterocycles. The topological polar surface area (TPSA) is 56.3 Å². The molecular weight excluding hydrogens is 262 g/mol. The molecule has 0 fully saturated rings. The molecule has 0 N–H and O–H groups in total. The minimum absolute atomic E-state index is 0.0523. The number of nitrogens with zero attached hydrogens (tertiary/aromatic N) is 1. The van der Waals surface area contributed by atoms with Gasteiger partial charge in [-0.2, -0.15) is 0 Å². The molecule has 0 atom stereocenters. The predicted molar refractivity (Wildman–Crippen MR) is 73.6 cm³/mol. The maximum absolute atomic E-state index is 11.5. The van der Waals surface area contributed by atoms with Crippen molar-refractivity contribution in [3.05, 3.63) is 40.5 Å². The second-order valence-corrected chi connectivity index (χ2v) is 5.06. The van der Waals surface area contributed by atoms with Crippen LogP contribution in [-0.2, 0) is 4.74 Å². The monoisotopic (exact) mass is 275 g/mol. The van der Waals surface area contributed by atoms with Crippen LogP contribution in [0.2, 0.25) is 0 Å². The van der Waals surface area contributed by atoms with Gasteiger partial charge >= 0.3 is 5.97 Å². The van der Waals surface area contributed by atoms with Gasteiger partial charge in [-0.15, -0.1) is 11.3 Å². The minimum Gasteiger partial charge on any atom is -0.465 e. The van der Waals surface area contributed by atoms with E-state index in [0.29, 0.717) is 10.6 Å². The number of hydrogen-bond acceptors (Lipinski definition) is 5. The normalized spacial score (nSPS) is 10.3. The summed E-state index contributed by atoms with van der Waals surface area (Å²) >= 11 is 1.34. The molecule has 0 saturated carbocycles. The lowest BCUT2D eigenvalue weighted by molar-refractivity contribution is 0.0600. The van der Waals surface area contributed by atoms with E-state index in [4.69, 9.17) is 4.74 Å². The number of aryl methyl sites for hydroxylation is 1. The highest BCUT2D eigenvalue weighted by atomic mass is 32.1. The maximum Gasteiger partial charge on any atom is 0.337 e. The van der Waals surface area contributed by atoms with Gasteiger partial charge in [-0.1, -0.05) is 12.1 Å². The number of Topliss-reactive ketones (excluding diaryl/α,β-unsaturated/α-hetero) is 1. The van der Waals surface area contributed by atoms with Crippen LogP contribution >= 0.6 is 11.3 Å². The molecule has 0 radical (unpaired) electrons. The Balaban J connectivity index is 2.47. The Hall–Kier alpha value is -2.01. The molecule has 0 amide bonds. The van der Waals surface area contributed by atoms with Gasteiger partial charge in [-0.25, -0.2) is 9.78 Å². The first-order valence-electron chi connectivity index (χ1n) is 5.70. The van der Waals surface area contributed by atoms with Crippen molar-refractivity contribution >= 4 is 23.1 Å². The van der Waals surface area contributed by atoms with Gasteiger partial charge < -0.3 is 4.74 Å². The van der Waals surface area contributed by atoms with Crippen LogP contribution in [0.3, 0.4) is 0 Å². The summed E-state index contributed by atoms with van der Waals surface area (Å²) in [5, 5.41) is 0.482. The molecule has 98 valence electrons. The van der Waals surface area contributed by atoms with E-state index in [2.05, 4.69) is 4.98 Å². The maximum atomic E-state index is 11.5. The van der Waals surface area contributed by atoms with E-state index in [1.807, 2.05) is 13.0 Å². The number of carbonyl (C=O) groups is 2. The average Bonchev–Trinajstić information content (AvgIpc) is 2.80. The number of esters is 1. The summed E-state index contributed by atoms with van der Waals surface area (Å²) in [5.41, 5.74) is 2.14.